The minimum Gasteiger partial charge on any atom is -0.487 e. The van der Waals surface area contributed by atoms with Crippen molar-refractivity contribution in [1.29, 1.82) is 0 Å². The lowest BCUT2D eigenvalue weighted by molar-refractivity contribution is -0.148. The van der Waals surface area contributed by atoms with Crippen LogP contribution in [0.25, 0.3) is 0 Å². The lowest BCUT2D eigenvalue weighted by Gasteiger charge is -2.21. The number of hydrogen-bond acceptors (Lipinski definition) is 8. The highest BCUT2D eigenvalue weighted by molar-refractivity contribution is 5.84. The summed E-state index contributed by atoms with van der Waals surface area (Å²) in [5, 5.41) is 10.4. The Morgan fingerprint density at radius 2 is 1.14 bits per heavy atom. The number of rotatable bonds is 24. The van der Waals surface area contributed by atoms with Gasteiger partial charge in [-0.3, -0.25) is 14.4 Å². The van der Waals surface area contributed by atoms with Gasteiger partial charge in [0, 0.05) is 25.2 Å². The van der Waals surface area contributed by atoms with Gasteiger partial charge in [0.1, 0.15) is 17.3 Å². The first kappa shape index (κ1) is 53.6. The van der Waals surface area contributed by atoms with Crippen LogP contribution in [0.15, 0.2) is 109 Å². The molecular formula is C52H70F4O8. The van der Waals surface area contributed by atoms with Crippen molar-refractivity contribution in [3.63, 3.8) is 0 Å². The zero-order chi connectivity index (χ0) is 47.1. The number of aliphatic hydroxyl groups is 1. The Bertz CT molecular complexity index is 1790. The van der Waals surface area contributed by atoms with Crippen LogP contribution in [-0.4, -0.2) is 66.2 Å². The number of ketones is 1. The molecule has 0 amide bonds. The minimum absolute atomic E-state index is 0.0220. The van der Waals surface area contributed by atoms with Crippen molar-refractivity contribution >= 4 is 17.7 Å². The molecule has 7 atom stereocenters. The number of benzene rings is 2. The molecule has 8 nitrogen and oxygen atoms in total. The van der Waals surface area contributed by atoms with Crippen molar-refractivity contribution < 1.29 is 56.0 Å². The fourth-order valence-electron chi connectivity index (χ4n) is 7.96. The fraction of sp³-hybridized carbons (Fsp3) is 0.558. The molecule has 1 N–H and O–H groups in total. The molecule has 0 aromatic heterocycles. The van der Waals surface area contributed by atoms with E-state index in [2.05, 4.69) is 0 Å². The van der Waals surface area contributed by atoms with Crippen LogP contribution in [0.5, 0.6) is 11.5 Å². The van der Waals surface area contributed by atoms with E-state index in [-0.39, 0.29) is 65.4 Å². The van der Waals surface area contributed by atoms with Crippen LogP contribution in [-0.2, 0) is 23.9 Å². The quantitative estimate of drug-likeness (QED) is 0.0480. The Kier molecular flexibility index (Phi) is 23.1. The largest absolute Gasteiger partial charge is 0.487 e. The molecule has 0 spiro atoms. The molecule has 2 saturated carbocycles. The number of Topliss-reactive ketones (excluding diaryl/α,β-unsaturated/α-hetero) is 1. The van der Waals surface area contributed by atoms with Gasteiger partial charge >= 0.3 is 11.9 Å². The molecule has 0 saturated heterocycles. The van der Waals surface area contributed by atoms with Gasteiger partial charge in [0.15, 0.2) is 13.2 Å². The molecule has 354 valence electrons. The molecule has 0 bridgehead atoms. The Morgan fingerprint density at radius 3 is 1.61 bits per heavy atom. The highest BCUT2D eigenvalue weighted by Crippen LogP contribution is 2.41. The van der Waals surface area contributed by atoms with Crippen LogP contribution in [0.2, 0.25) is 0 Å². The standard InChI is InChI=1S/C26H36F2O4.C26H34F2O4/c2*1-19(2)32-25(30)14-10-5-4-9-13-23-22(20(3)17-24(23)29)15-16-26(27,28)18-31-21-11-7-6-8-12-21/h4,6-9,11-12,15-16,19-20,22-24,29H,5,10,13-14,17-18H2,1-3H3;4,6-9,11-12,15-16,19-20,22-23H,5,10,13-14,17-18H2,1-3H3/b2*9-4-,16-15+/t20-,22+,23-,24+;20-,22+,23-/m11/s1. The number of unbranched alkanes of at least 4 members (excludes halogenated alkanes) is 2. The van der Waals surface area contributed by atoms with Gasteiger partial charge in [0.25, 0.3) is 11.8 Å². The Hall–Kier alpha value is -4.71. The molecule has 2 aliphatic carbocycles. The zero-order valence-electron chi connectivity index (χ0n) is 38.4. The van der Waals surface area contributed by atoms with Gasteiger partial charge in [-0.15, -0.1) is 0 Å². The summed E-state index contributed by atoms with van der Waals surface area (Å²) >= 11 is 0. The average Bonchev–Trinajstić information content (AvgIpc) is 3.67. The van der Waals surface area contributed by atoms with Crippen LogP contribution >= 0.6 is 0 Å². The van der Waals surface area contributed by atoms with E-state index >= 15 is 0 Å². The zero-order valence-corrected chi connectivity index (χ0v) is 38.4. The van der Waals surface area contributed by atoms with E-state index < -0.39 is 31.2 Å². The number of esters is 2. The predicted octanol–water partition coefficient (Wildman–Crippen LogP) is 12.1. The number of allylic oxidation sites excluding steroid dienone is 6. The molecule has 0 radical (unpaired) electrons. The Morgan fingerprint density at radius 1 is 0.688 bits per heavy atom. The van der Waals surface area contributed by atoms with Crippen LogP contribution in [0.1, 0.15) is 106 Å². The number of carbonyl (C=O) groups excluding carboxylic acids is 3. The average molecular weight is 899 g/mol. The van der Waals surface area contributed by atoms with E-state index in [0.717, 1.165) is 18.6 Å². The van der Waals surface area contributed by atoms with E-state index in [9.17, 15) is 37.1 Å². The van der Waals surface area contributed by atoms with Crippen LogP contribution < -0.4 is 9.47 Å². The number of halogens is 4. The maximum absolute atomic E-state index is 14.3. The van der Waals surface area contributed by atoms with Crippen molar-refractivity contribution in [3.8, 4) is 11.5 Å². The maximum Gasteiger partial charge on any atom is 0.306 e. The summed E-state index contributed by atoms with van der Waals surface area (Å²) in [6.07, 6.45) is 17.6. The van der Waals surface area contributed by atoms with Gasteiger partial charge < -0.3 is 24.1 Å². The predicted molar refractivity (Wildman–Crippen MR) is 242 cm³/mol. The molecule has 2 fully saturated rings. The van der Waals surface area contributed by atoms with Crippen molar-refractivity contribution in [2.45, 2.75) is 136 Å². The third-order valence-electron chi connectivity index (χ3n) is 11.2. The van der Waals surface area contributed by atoms with Gasteiger partial charge in [-0.25, -0.2) is 0 Å². The Labute approximate surface area is 378 Å². The topological polar surface area (TPSA) is 108 Å². The summed E-state index contributed by atoms with van der Waals surface area (Å²) in [6, 6.07) is 17.1. The molecule has 2 aliphatic rings. The van der Waals surface area contributed by atoms with Gasteiger partial charge in [-0.05, 0) is 139 Å². The second kappa shape index (κ2) is 27.6. The smallest absolute Gasteiger partial charge is 0.306 e. The normalized spacial score (nSPS) is 22.8. The third-order valence-corrected chi connectivity index (χ3v) is 11.2. The second-order valence-electron chi connectivity index (χ2n) is 17.6. The van der Waals surface area contributed by atoms with E-state index in [1.54, 1.807) is 66.7 Å². The molecule has 0 aliphatic heterocycles. The molecule has 4 rings (SSSR count). The molecule has 2 aromatic rings. The van der Waals surface area contributed by atoms with Crippen molar-refractivity contribution in [3.05, 3.63) is 109 Å². The number of hydrogen-bond donors (Lipinski definition) is 1. The van der Waals surface area contributed by atoms with Gasteiger partial charge in [-0.2, -0.15) is 17.6 Å². The van der Waals surface area contributed by atoms with E-state index in [1.807, 2.05) is 65.8 Å². The van der Waals surface area contributed by atoms with E-state index in [4.69, 9.17) is 18.9 Å². The monoisotopic (exact) mass is 899 g/mol. The van der Waals surface area contributed by atoms with Crippen molar-refractivity contribution in [1.82, 2.24) is 0 Å². The molecule has 2 aromatic carbocycles. The lowest BCUT2D eigenvalue weighted by Crippen LogP contribution is -2.24. The van der Waals surface area contributed by atoms with Crippen LogP contribution in [0, 0.1) is 35.5 Å². The van der Waals surface area contributed by atoms with Crippen LogP contribution in [0.4, 0.5) is 17.6 Å². The SMILES string of the molecule is CC(C)OC(=O)CCC/C=C\C[C@@H]1[C@@H](/C=C/C(F)(F)COc2ccccc2)[C@H](C)C[C@@H]1O.CC(C)OC(=O)CCC/C=C\C[C@H]1C(=O)C[C@@H](C)[C@@H]1/C=C/C(F)(F)COc1ccccc1. The number of aliphatic hydroxyl groups excluding tert-OH is 1. The molecule has 0 unspecified atom stereocenters. The number of carbonyl (C=O) groups is 3. The van der Waals surface area contributed by atoms with Crippen LogP contribution in [0.3, 0.4) is 0 Å². The van der Waals surface area contributed by atoms with E-state index in [0.29, 0.717) is 69.3 Å². The molecule has 12 heteroatoms. The first-order valence-corrected chi connectivity index (χ1v) is 22.8. The Balaban J connectivity index is 0.000000340. The molecule has 0 heterocycles. The molecular weight excluding hydrogens is 829 g/mol. The molecule has 64 heavy (non-hydrogen) atoms. The highest BCUT2D eigenvalue weighted by Gasteiger charge is 2.40. The first-order valence-electron chi connectivity index (χ1n) is 22.8. The maximum atomic E-state index is 14.3. The number of para-hydroxylation sites is 2. The fourth-order valence-corrected chi connectivity index (χ4v) is 7.96. The van der Waals surface area contributed by atoms with Gasteiger partial charge in [-0.1, -0.05) is 86.7 Å². The van der Waals surface area contributed by atoms with Crippen molar-refractivity contribution in [2.24, 2.45) is 35.5 Å². The highest BCUT2D eigenvalue weighted by atomic mass is 19.3. The van der Waals surface area contributed by atoms with E-state index in [1.165, 1.54) is 6.08 Å². The minimum atomic E-state index is -3.12. The van der Waals surface area contributed by atoms with Gasteiger partial charge in [0.05, 0.1) is 18.3 Å². The summed E-state index contributed by atoms with van der Waals surface area (Å²) < 4.78 is 77.8. The lowest BCUT2D eigenvalue weighted by atomic mass is 9.87. The van der Waals surface area contributed by atoms with Crippen molar-refractivity contribution in [2.75, 3.05) is 13.2 Å². The number of ether oxygens (including phenoxy) is 4. The third kappa shape index (κ3) is 20.9. The second-order valence-corrected chi connectivity index (χ2v) is 17.6. The summed E-state index contributed by atoms with van der Waals surface area (Å²) in [5.41, 5.74) is 0. The summed E-state index contributed by atoms with van der Waals surface area (Å²) in [7, 11) is 0. The van der Waals surface area contributed by atoms with Gasteiger partial charge in [0.2, 0.25) is 0 Å². The first-order chi connectivity index (χ1) is 30.4. The summed E-state index contributed by atoms with van der Waals surface area (Å²) in [5.74, 6) is -6.31. The summed E-state index contributed by atoms with van der Waals surface area (Å²) in [4.78, 5) is 35.5. The summed E-state index contributed by atoms with van der Waals surface area (Å²) in [6.45, 7) is 9.72. The number of alkyl halides is 4.